The first kappa shape index (κ1) is 14.2. The van der Waals surface area contributed by atoms with Gasteiger partial charge in [0.1, 0.15) is 11.5 Å². The number of carboxylic acids is 1. The van der Waals surface area contributed by atoms with Gasteiger partial charge in [-0.2, -0.15) is 0 Å². The lowest BCUT2D eigenvalue weighted by molar-refractivity contribution is -0.138. The summed E-state index contributed by atoms with van der Waals surface area (Å²) in [5.74, 6) is -1.60. The number of aromatic hydroxyl groups is 2. The molecule has 108 valence electrons. The highest BCUT2D eigenvalue weighted by atomic mass is 16.4. The standard InChI is InChI=1S/C14H17NO5/c16-10-3-4-12(17)11(7-10)14(20)15-5-1-2-9(8-15)6-13(18)19/h3-4,7,9,16-17H,1-2,5-6,8H2,(H,18,19). The number of phenolic OH excluding ortho intramolecular Hbond substituents is 2. The summed E-state index contributed by atoms with van der Waals surface area (Å²) in [6, 6.07) is 3.79. The van der Waals surface area contributed by atoms with Crippen molar-refractivity contribution in [1.29, 1.82) is 0 Å². The third kappa shape index (κ3) is 3.20. The summed E-state index contributed by atoms with van der Waals surface area (Å²) in [4.78, 5) is 24.6. The minimum Gasteiger partial charge on any atom is -0.508 e. The number of likely N-dealkylation sites (tertiary alicyclic amines) is 1. The first-order chi connectivity index (χ1) is 9.47. The SMILES string of the molecule is O=C(O)CC1CCCN(C(=O)c2cc(O)ccc2O)C1. The molecule has 1 aliphatic rings. The molecular formula is C14H17NO5. The van der Waals surface area contributed by atoms with Gasteiger partial charge in [-0.3, -0.25) is 9.59 Å². The van der Waals surface area contributed by atoms with E-state index in [4.69, 9.17) is 5.11 Å². The van der Waals surface area contributed by atoms with Crippen LogP contribution >= 0.6 is 0 Å². The van der Waals surface area contributed by atoms with Gasteiger partial charge in [-0.1, -0.05) is 0 Å². The molecule has 1 aromatic rings. The molecule has 0 bridgehead atoms. The number of carboxylic acid groups (broad SMARTS) is 1. The number of hydrogen-bond donors (Lipinski definition) is 3. The quantitative estimate of drug-likeness (QED) is 0.727. The Morgan fingerprint density at radius 2 is 2.05 bits per heavy atom. The van der Waals surface area contributed by atoms with Gasteiger partial charge in [-0.25, -0.2) is 0 Å². The van der Waals surface area contributed by atoms with Crippen molar-refractivity contribution in [3.63, 3.8) is 0 Å². The summed E-state index contributed by atoms with van der Waals surface area (Å²) in [5, 5.41) is 27.9. The minimum atomic E-state index is -0.871. The normalized spacial score (nSPS) is 18.8. The fourth-order valence-electron chi connectivity index (χ4n) is 2.53. The number of nitrogens with zero attached hydrogens (tertiary/aromatic N) is 1. The van der Waals surface area contributed by atoms with Crippen molar-refractivity contribution in [1.82, 2.24) is 4.90 Å². The summed E-state index contributed by atoms with van der Waals surface area (Å²) in [6.45, 7) is 0.893. The lowest BCUT2D eigenvalue weighted by atomic mass is 9.94. The monoisotopic (exact) mass is 279 g/mol. The van der Waals surface area contributed by atoms with E-state index in [0.29, 0.717) is 13.1 Å². The predicted molar refractivity (Wildman–Crippen MR) is 70.7 cm³/mol. The summed E-state index contributed by atoms with van der Waals surface area (Å²) >= 11 is 0. The maximum Gasteiger partial charge on any atom is 0.303 e. The number of benzene rings is 1. The van der Waals surface area contributed by atoms with Crippen molar-refractivity contribution >= 4 is 11.9 Å². The molecule has 3 N–H and O–H groups in total. The second-order valence-corrected chi connectivity index (χ2v) is 5.06. The molecule has 0 aromatic heterocycles. The Bertz CT molecular complexity index is 528. The molecule has 20 heavy (non-hydrogen) atoms. The zero-order chi connectivity index (χ0) is 14.7. The second-order valence-electron chi connectivity index (χ2n) is 5.06. The van der Waals surface area contributed by atoms with E-state index in [-0.39, 0.29) is 35.3 Å². The molecule has 1 aromatic carbocycles. The number of aliphatic carboxylic acids is 1. The van der Waals surface area contributed by atoms with Gasteiger partial charge in [-0.15, -0.1) is 0 Å². The summed E-state index contributed by atoms with van der Waals surface area (Å²) in [7, 11) is 0. The second kappa shape index (κ2) is 5.81. The maximum absolute atomic E-state index is 12.3. The summed E-state index contributed by atoms with van der Waals surface area (Å²) in [6.07, 6.45) is 1.56. The number of carbonyl (C=O) groups excluding carboxylic acids is 1. The van der Waals surface area contributed by atoms with E-state index in [0.717, 1.165) is 12.8 Å². The van der Waals surface area contributed by atoms with E-state index in [1.807, 2.05) is 0 Å². The van der Waals surface area contributed by atoms with E-state index in [1.165, 1.54) is 23.1 Å². The number of amides is 1. The molecular weight excluding hydrogens is 262 g/mol. The fraction of sp³-hybridized carbons (Fsp3) is 0.429. The summed E-state index contributed by atoms with van der Waals surface area (Å²) < 4.78 is 0. The van der Waals surface area contributed by atoms with Gasteiger partial charge in [-0.05, 0) is 37.0 Å². The van der Waals surface area contributed by atoms with Crippen molar-refractivity contribution in [2.45, 2.75) is 19.3 Å². The third-order valence-electron chi connectivity index (χ3n) is 3.48. The van der Waals surface area contributed by atoms with Crippen molar-refractivity contribution in [3.05, 3.63) is 23.8 Å². The third-order valence-corrected chi connectivity index (χ3v) is 3.48. The van der Waals surface area contributed by atoms with Crippen LogP contribution in [0.5, 0.6) is 11.5 Å². The van der Waals surface area contributed by atoms with Crippen LogP contribution in [-0.2, 0) is 4.79 Å². The Morgan fingerprint density at radius 3 is 2.75 bits per heavy atom. The van der Waals surface area contributed by atoms with Crippen molar-refractivity contribution < 1.29 is 24.9 Å². The molecule has 0 saturated carbocycles. The van der Waals surface area contributed by atoms with E-state index < -0.39 is 5.97 Å². The highest BCUT2D eigenvalue weighted by Crippen LogP contribution is 2.26. The molecule has 6 nitrogen and oxygen atoms in total. The van der Waals surface area contributed by atoms with E-state index in [9.17, 15) is 19.8 Å². The van der Waals surface area contributed by atoms with Gasteiger partial charge in [0.25, 0.3) is 5.91 Å². The van der Waals surface area contributed by atoms with Crippen LogP contribution in [0.2, 0.25) is 0 Å². The Morgan fingerprint density at radius 1 is 1.30 bits per heavy atom. The molecule has 0 spiro atoms. The molecule has 2 rings (SSSR count). The summed E-state index contributed by atoms with van der Waals surface area (Å²) in [5.41, 5.74) is 0.0426. The van der Waals surface area contributed by atoms with Crippen LogP contribution in [0.1, 0.15) is 29.6 Å². The number of hydrogen-bond acceptors (Lipinski definition) is 4. The van der Waals surface area contributed by atoms with Gasteiger partial charge < -0.3 is 20.2 Å². The molecule has 0 radical (unpaired) electrons. The highest BCUT2D eigenvalue weighted by Gasteiger charge is 2.27. The smallest absolute Gasteiger partial charge is 0.303 e. The van der Waals surface area contributed by atoms with Crippen LogP contribution < -0.4 is 0 Å². The molecule has 6 heteroatoms. The number of carbonyl (C=O) groups is 2. The average Bonchev–Trinajstić information content (AvgIpc) is 2.40. The van der Waals surface area contributed by atoms with Crippen LogP contribution in [0.15, 0.2) is 18.2 Å². The molecule has 1 saturated heterocycles. The topological polar surface area (TPSA) is 98.1 Å². The molecule has 1 heterocycles. The Labute approximate surface area is 116 Å². The van der Waals surface area contributed by atoms with Crippen LogP contribution in [0, 0.1) is 5.92 Å². The lowest BCUT2D eigenvalue weighted by Gasteiger charge is -2.32. The van der Waals surface area contributed by atoms with Gasteiger partial charge in [0.2, 0.25) is 0 Å². The lowest BCUT2D eigenvalue weighted by Crippen LogP contribution is -2.40. The predicted octanol–water partition coefficient (Wildman–Crippen LogP) is 1.42. The Hall–Kier alpha value is -2.24. The Balaban J connectivity index is 2.12. The molecule has 1 fully saturated rings. The van der Waals surface area contributed by atoms with Crippen LogP contribution in [-0.4, -0.2) is 45.2 Å². The first-order valence-electron chi connectivity index (χ1n) is 6.50. The van der Waals surface area contributed by atoms with Gasteiger partial charge in [0, 0.05) is 19.5 Å². The molecule has 1 atom stereocenters. The largest absolute Gasteiger partial charge is 0.508 e. The zero-order valence-electron chi connectivity index (χ0n) is 11.0. The van der Waals surface area contributed by atoms with Crippen molar-refractivity contribution in [3.8, 4) is 11.5 Å². The minimum absolute atomic E-state index is 0.0375. The van der Waals surface area contributed by atoms with E-state index >= 15 is 0 Å². The fourth-order valence-corrected chi connectivity index (χ4v) is 2.53. The van der Waals surface area contributed by atoms with Crippen molar-refractivity contribution in [2.75, 3.05) is 13.1 Å². The van der Waals surface area contributed by atoms with Crippen molar-refractivity contribution in [2.24, 2.45) is 5.92 Å². The highest BCUT2D eigenvalue weighted by molar-refractivity contribution is 5.97. The Kier molecular flexibility index (Phi) is 4.12. The van der Waals surface area contributed by atoms with E-state index in [1.54, 1.807) is 0 Å². The zero-order valence-corrected chi connectivity index (χ0v) is 11.0. The van der Waals surface area contributed by atoms with Gasteiger partial charge >= 0.3 is 5.97 Å². The maximum atomic E-state index is 12.3. The number of piperidine rings is 1. The number of rotatable bonds is 3. The molecule has 1 unspecified atom stereocenters. The molecule has 0 aliphatic carbocycles. The average molecular weight is 279 g/mol. The molecule has 1 amide bonds. The van der Waals surface area contributed by atoms with Crippen LogP contribution in [0.4, 0.5) is 0 Å². The van der Waals surface area contributed by atoms with Crippen LogP contribution in [0.25, 0.3) is 0 Å². The molecule has 1 aliphatic heterocycles. The van der Waals surface area contributed by atoms with E-state index in [2.05, 4.69) is 0 Å². The van der Waals surface area contributed by atoms with Gasteiger partial charge in [0.15, 0.2) is 0 Å². The van der Waals surface area contributed by atoms with Crippen LogP contribution in [0.3, 0.4) is 0 Å². The first-order valence-corrected chi connectivity index (χ1v) is 6.50. The van der Waals surface area contributed by atoms with Gasteiger partial charge in [0.05, 0.1) is 5.56 Å². The number of phenols is 2.